The summed E-state index contributed by atoms with van der Waals surface area (Å²) in [6.07, 6.45) is 20.2. The van der Waals surface area contributed by atoms with Gasteiger partial charge in [0.05, 0.1) is 19.0 Å². The molecule has 0 amide bonds. The van der Waals surface area contributed by atoms with Crippen molar-refractivity contribution in [1.82, 2.24) is 9.97 Å². The summed E-state index contributed by atoms with van der Waals surface area (Å²) >= 11 is 0. The molecule has 0 spiro atoms. The molecule has 35 heavy (non-hydrogen) atoms. The molecule has 0 aliphatic heterocycles. The first kappa shape index (κ1) is 29.3. The fourth-order valence-electron chi connectivity index (χ4n) is 4.43. The van der Waals surface area contributed by atoms with E-state index in [1.54, 1.807) is 12.4 Å². The van der Waals surface area contributed by atoms with Crippen LogP contribution in [-0.2, 0) is 6.42 Å². The number of unbranched alkanes of at least 4 members (excludes halogenated alkanes) is 8. The molecule has 4 heteroatoms. The van der Waals surface area contributed by atoms with Crippen molar-refractivity contribution in [2.24, 2.45) is 5.92 Å². The van der Waals surface area contributed by atoms with Crippen molar-refractivity contribution >= 4 is 0 Å². The van der Waals surface area contributed by atoms with Crippen molar-refractivity contribution in [2.75, 3.05) is 6.61 Å². The van der Waals surface area contributed by atoms with Crippen molar-refractivity contribution in [3.05, 3.63) is 42.2 Å². The molecule has 2 unspecified atom stereocenters. The SMILES string of the molecule is CCCCCCCCCCc1ccc(-c2ncc(OCCC(F)CCC(C)CCCC)cn2)cc1. The molecule has 0 N–H and O–H groups in total. The first-order valence-electron chi connectivity index (χ1n) is 14.3. The van der Waals surface area contributed by atoms with E-state index in [0.29, 0.717) is 36.9 Å². The van der Waals surface area contributed by atoms with Gasteiger partial charge < -0.3 is 4.74 Å². The maximum absolute atomic E-state index is 14.2. The third-order valence-corrected chi connectivity index (χ3v) is 6.88. The van der Waals surface area contributed by atoms with Crippen LogP contribution in [0.3, 0.4) is 0 Å². The van der Waals surface area contributed by atoms with E-state index in [4.69, 9.17) is 4.74 Å². The number of aryl methyl sites for hydroxylation is 1. The minimum Gasteiger partial charge on any atom is -0.490 e. The van der Waals surface area contributed by atoms with Crippen molar-refractivity contribution in [1.29, 1.82) is 0 Å². The number of nitrogens with zero attached hydrogens (tertiary/aromatic N) is 2. The highest BCUT2D eigenvalue weighted by atomic mass is 19.1. The summed E-state index contributed by atoms with van der Waals surface area (Å²) < 4.78 is 19.9. The van der Waals surface area contributed by atoms with Crippen LogP contribution in [0.25, 0.3) is 11.4 Å². The van der Waals surface area contributed by atoms with Crippen molar-refractivity contribution in [3.8, 4) is 17.1 Å². The Morgan fingerprint density at radius 2 is 1.37 bits per heavy atom. The Morgan fingerprint density at radius 3 is 2.03 bits per heavy atom. The van der Waals surface area contributed by atoms with Crippen LogP contribution in [0, 0.1) is 5.92 Å². The fraction of sp³-hybridized carbons (Fsp3) is 0.677. The lowest BCUT2D eigenvalue weighted by Gasteiger charge is -2.13. The number of benzene rings is 1. The molecule has 0 saturated heterocycles. The van der Waals surface area contributed by atoms with Gasteiger partial charge >= 0.3 is 0 Å². The fourth-order valence-corrected chi connectivity index (χ4v) is 4.43. The lowest BCUT2D eigenvalue weighted by Crippen LogP contribution is -2.09. The zero-order chi connectivity index (χ0) is 25.1. The summed E-state index contributed by atoms with van der Waals surface area (Å²) in [5, 5.41) is 0. The smallest absolute Gasteiger partial charge is 0.159 e. The predicted octanol–water partition coefficient (Wildman–Crippen LogP) is 9.54. The number of halogens is 1. The van der Waals surface area contributed by atoms with Gasteiger partial charge in [-0.05, 0) is 37.2 Å². The lowest BCUT2D eigenvalue weighted by atomic mass is 9.97. The van der Waals surface area contributed by atoms with E-state index in [-0.39, 0.29) is 0 Å². The Morgan fingerprint density at radius 1 is 0.743 bits per heavy atom. The molecule has 0 aliphatic rings. The maximum atomic E-state index is 14.2. The highest BCUT2D eigenvalue weighted by molar-refractivity contribution is 5.55. The van der Waals surface area contributed by atoms with Gasteiger partial charge in [-0.25, -0.2) is 14.4 Å². The number of ether oxygens (including phenoxy) is 1. The summed E-state index contributed by atoms with van der Waals surface area (Å²) in [6, 6.07) is 8.58. The largest absolute Gasteiger partial charge is 0.490 e. The third-order valence-electron chi connectivity index (χ3n) is 6.88. The number of alkyl halides is 1. The Labute approximate surface area is 214 Å². The highest BCUT2D eigenvalue weighted by Crippen LogP contribution is 2.20. The normalized spacial score (nSPS) is 13.0. The van der Waals surface area contributed by atoms with Gasteiger partial charge in [-0.15, -0.1) is 0 Å². The molecule has 1 aromatic carbocycles. The van der Waals surface area contributed by atoms with Gasteiger partial charge in [0.2, 0.25) is 0 Å². The molecular formula is C31H49FN2O. The van der Waals surface area contributed by atoms with Crippen LogP contribution < -0.4 is 4.74 Å². The first-order valence-corrected chi connectivity index (χ1v) is 14.3. The zero-order valence-electron chi connectivity index (χ0n) is 22.6. The monoisotopic (exact) mass is 484 g/mol. The van der Waals surface area contributed by atoms with Crippen LogP contribution in [0.5, 0.6) is 5.75 Å². The molecule has 0 aliphatic carbocycles. The van der Waals surface area contributed by atoms with Crippen molar-refractivity contribution in [2.45, 2.75) is 123 Å². The number of hydrogen-bond donors (Lipinski definition) is 0. The lowest BCUT2D eigenvalue weighted by molar-refractivity contribution is 0.215. The van der Waals surface area contributed by atoms with Gasteiger partial charge in [-0.2, -0.15) is 0 Å². The molecule has 2 aromatic rings. The van der Waals surface area contributed by atoms with Crippen LogP contribution in [0.4, 0.5) is 4.39 Å². The molecule has 0 saturated carbocycles. The van der Waals surface area contributed by atoms with Crippen LogP contribution in [0.1, 0.15) is 116 Å². The van der Waals surface area contributed by atoms with E-state index < -0.39 is 6.17 Å². The quantitative estimate of drug-likeness (QED) is 0.175. The highest BCUT2D eigenvalue weighted by Gasteiger charge is 2.10. The summed E-state index contributed by atoms with van der Waals surface area (Å²) in [5.74, 6) is 1.90. The van der Waals surface area contributed by atoms with Crippen LogP contribution in [0.15, 0.2) is 36.7 Å². The number of aromatic nitrogens is 2. The second-order valence-corrected chi connectivity index (χ2v) is 10.2. The molecule has 3 nitrogen and oxygen atoms in total. The molecule has 1 aromatic heterocycles. The standard InChI is InChI=1S/C31H49FN2O/c1-4-6-8-9-10-11-12-13-15-27-17-19-28(20-18-27)31-33-24-30(25-34-31)35-23-22-29(32)21-16-26(3)14-7-5-2/h17-20,24-26,29H,4-16,21-23H2,1-3H3. The van der Waals surface area contributed by atoms with E-state index >= 15 is 0 Å². The summed E-state index contributed by atoms with van der Waals surface area (Å²) in [7, 11) is 0. The van der Waals surface area contributed by atoms with Gasteiger partial charge in [0.1, 0.15) is 6.17 Å². The minimum absolute atomic E-state index is 0.362. The number of rotatable bonds is 20. The van der Waals surface area contributed by atoms with Crippen LogP contribution >= 0.6 is 0 Å². The van der Waals surface area contributed by atoms with E-state index in [1.807, 2.05) is 0 Å². The summed E-state index contributed by atoms with van der Waals surface area (Å²) in [6.45, 7) is 7.06. The average Bonchev–Trinajstić information content (AvgIpc) is 2.88. The Kier molecular flexibility index (Phi) is 15.3. The van der Waals surface area contributed by atoms with Gasteiger partial charge in [-0.1, -0.05) is 109 Å². The molecule has 0 bridgehead atoms. The second-order valence-electron chi connectivity index (χ2n) is 10.2. The maximum Gasteiger partial charge on any atom is 0.159 e. The van der Waals surface area contributed by atoms with Gasteiger partial charge in [0, 0.05) is 12.0 Å². The Bertz CT molecular complexity index is 763. The van der Waals surface area contributed by atoms with Crippen molar-refractivity contribution < 1.29 is 9.13 Å². The van der Waals surface area contributed by atoms with Crippen LogP contribution in [-0.4, -0.2) is 22.7 Å². The van der Waals surface area contributed by atoms with E-state index in [9.17, 15) is 4.39 Å². The van der Waals surface area contributed by atoms with Gasteiger partial charge in [0.25, 0.3) is 0 Å². The van der Waals surface area contributed by atoms with E-state index in [2.05, 4.69) is 55.0 Å². The van der Waals surface area contributed by atoms with Crippen molar-refractivity contribution in [3.63, 3.8) is 0 Å². The molecule has 2 rings (SSSR count). The predicted molar refractivity (Wildman–Crippen MR) is 147 cm³/mol. The second kappa shape index (κ2) is 18.3. The van der Waals surface area contributed by atoms with E-state index in [0.717, 1.165) is 18.4 Å². The molecule has 2 atom stereocenters. The third kappa shape index (κ3) is 13.1. The van der Waals surface area contributed by atoms with Gasteiger partial charge in [0.15, 0.2) is 11.6 Å². The topological polar surface area (TPSA) is 35.0 Å². The molecule has 196 valence electrons. The van der Waals surface area contributed by atoms with Gasteiger partial charge in [-0.3, -0.25) is 0 Å². The summed E-state index contributed by atoms with van der Waals surface area (Å²) in [5.41, 5.74) is 2.39. The Hall–Kier alpha value is -1.97. The molecule has 0 fully saturated rings. The zero-order valence-corrected chi connectivity index (χ0v) is 22.6. The molecule has 0 radical (unpaired) electrons. The van der Waals surface area contributed by atoms with E-state index in [1.165, 1.54) is 76.2 Å². The number of hydrogen-bond acceptors (Lipinski definition) is 3. The summed E-state index contributed by atoms with van der Waals surface area (Å²) in [4.78, 5) is 8.90. The Balaban J connectivity index is 1.64. The average molecular weight is 485 g/mol. The molecule has 1 heterocycles. The first-order chi connectivity index (χ1) is 17.1. The van der Waals surface area contributed by atoms with Crippen LogP contribution in [0.2, 0.25) is 0 Å². The minimum atomic E-state index is -0.802. The molecular weight excluding hydrogens is 435 g/mol.